The molecule has 4 aromatic rings. The SMILES string of the molecule is O=c1cc(CSc2nnc(CN3CCCCC3)n2-c2ccccc2)c2cc3c(cc2o1)CCC3. The molecular weight excluding hydrogens is 444 g/mol. The number of aromatic nitrogens is 3. The molecule has 0 saturated carbocycles. The van der Waals surface area contributed by atoms with Gasteiger partial charge in [-0.25, -0.2) is 4.79 Å². The normalized spacial score (nSPS) is 16.2. The quantitative estimate of drug-likeness (QED) is 0.286. The van der Waals surface area contributed by atoms with E-state index < -0.39 is 0 Å². The molecule has 1 saturated heterocycles. The molecule has 2 aromatic heterocycles. The van der Waals surface area contributed by atoms with E-state index in [0.717, 1.165) is 60.1 Å². The average Bonchev–Trinajstić information content (AvgIpc) is 3.48. The van der Waals surface area contributed by atoms with Crippen molar-refractivity contribution >= 4 is 22.7 Å². The minimum Gasteiger partial charge on any atom is -0.423 e. The molecule has 0 amide bonds. The van der Waals surface area contributed by atoms with Crippen molar-refractivity contribution in [3.8, 4) is 5.69 Å². The Morgan fingerprint density at radius 1 is 0.912 bits per heavy atom. The van der Waals surface area contributed by atoms with Gasteiger partial charge in [-0.3, -0.25) is 9.47 Å². The molecule has 2 aromatic carbocycles. The molecule has 7 heteroatoms. The summed E-state index contributed by atoms with van der Waals surface area (Å²) in [6, 6.07) is 16.2. The number of hydrogen-bond donors (Lipinski definition) is 0. The Morgan fingerprint density at radius 2 is 1.71 bits per heavy atom. The number of hydrogen-bond acceptors (Lipinski definition) is 6. The van der Waals surface area contributed by atoms with Crippen LogP contribution in [-0.4, -0.2) is 32.8 Å². The molecule has 0 bridgehead atoms. The van der Waals surface area contributed by atoms with E-state index in [1.807, 2.05) is 18.2 Å². The van der Waals surface area contributed by atoms with E-state index in [9.17, 15) is 4.79 Å². The van der Waals surface area contributed by atoms with Crippen LogP contribution >= 0.6 is 11.8 Å². The van der Waals surface area contributed by atoms with Crippen molar-refractivity contribution in [1.82, 2.24) is 19.7 Å². The maximum atomic E-state index is 12.3. The van der Waals surface area contributed by atoms with Crippen LogP contribution in [-0.2, 0) is 25.1 Å². The number of benzene rings is 2. The molecule has 0 radical (unpaired) electrons. The molecule has 6 rings (SSSR count). The Labute approximate surface area is 203 Å². The highest BCUT2D eigenvalue weighted by molar-refractivity contribution is 7.98. The number of piperidine rings is 1. The van der Waals surface area contributed by atoms with E-state index in [-0.39, 0.29) is 5.63 Å². The number of nitrogens with zero attached hydrogens (tertiary/aromatic N) is 4. The molecule has 0 atom stereocenters. The van der Waals surface area contributed by atoms with Gasteiger partial charge < -0.3 is 4.42 Å². The summed E-state index contributed by atoms with van der Waals surface area (Å²) in [5.74, 6) is 1.60. The number of rotatable bonds is 6. The minimum atomic E-state index is -0.295. The van der Waals surface area contributed by atoms with E-state index in [2.05, 4.69) is 43.9 Å². The Balaban J connectivity index is 1.33. The van der Waals surface area contributed by atoms with Crippen molar-refractivity contribution in [2.45, 2.75) is 56.0 Å². The zero-order chi connectivity index (χ0) is 22.9. The van der Waals surface area contributed by atoms with Gasteiger partial charge in [-0.1, -0.05) is 36.4 Å². The molecular formula is C27H28N4O2S. The maximum Gasteiger partial charge on any atom is 0.336 e. The lowest BCUT2D eigenvalue weighted by Crippen LogP contribution is -2.30. The number of fused-ring (bicyclic) bond motifs is 2. The standard InChI is InChI=1S/C27H28N4O2S/c32-26-16-21(23-14-19-8-7-9-20(19)15-24(23)33-26)18-34-27-29-28-25(17-30-12-5-2-6-13-30)31(27)22-10-3-1-4-11-22/h1,3-4,10-11,14-16H,2,5-9,12-13,17-18H2. The minimum absolute atomic E-state index is 0.295. The van der Waals surface area contributed by atoms with E-state index in [1.54, 1.807) is 17.8 Å². The fraction of sp³-hybridized carbons (Fsp3) is 0.370. The van der Waals surface area contributed by atoms with Crippen LogP contribution in [0.3, 0.4) is 0 Å². The van der Waals surface area contributed by atoms with Gasteiger partial charge in [0.1, 0.15) is 5.58 Å². The first-order valence-electron chi connectivity index (χ1n) is 12.2. The van der Waals surface area contributed by atoms with E-state index in [1.165, 1.54) is 36.8 Å². The highest BCUT2D eigenvalue weighted by Gasteiger charge is 2.20. The molecule has 2 aliphatic rings. The van der Waals surface area contributed by atoms with Gasteiger partial charge in [0.25, 0.3) is 0 Å². The molecule has 3 heterocycles. The van der Waals surface area contributed by atoms with Gasteiger partial charge in [-0.2, -0.15) is 0 Å². The maximum absolute atomic E-state index is 12.3. The van der Waals surface area contributed by atoms with Gasteiger partial charge in [0.2, 0.25) is 0 Å². The van der Waals surface area contributed by atoms with Crippen molar-refractivity contribution in [3.05, 3.63) is 81.5 Å². The Hall–Kier alpha value is -2.90. The fourth-order valence-electron chi connectivity index (χ4n) is 5.21. The highest BCUT2D eigenvalue weighted by atomic mass is 32.2. The van der Waals surface area contributed by atoms with E-state index in [0.29, 0.717) is 11.3 Å². The summed E-state index contributed by atoms with van der Waals surface area (Å²) >= 11 is 1.62. The molecule has 1 aliphatic carbocycles. The average molecular weight is 473 g/mol. The summed E-state index contributed by atoms with van der Waals surface area (Å²) in [4.78, 5) is 14.8. The molecule has 0 N–H and O–H groups in total. The summed E-state index contributed by atoms with van der Waals surface area (Å²) in [5.41, 5.74) is 5.15. The molecule has 1 aliphatic heterocycles. The Kier molecular flexibility index (Phi) is 5.97. The largest absolute Gasteiger partial charge is 0.423 e. The summed E-state index contributed by atoms with van der Waals surface area (Å²) in [6.45, 7) is 3.02. The smallest absolute Gasteiger partial charge is 0.336 e. The second kappa shape index (κ2) is 9.39. The van der Waals surface area contributed by atoms with Crippen LogP contribution in [0.15, 0.2) is 62.9 Å². The lowest BCUT2D eigenvalue weighted by Gasteiger charge is -2.26. The molecule has 174 valence electrons. The van der Waals surface area contributed by atoms with Gasteiger partial charge in [0.05, 0.1) is 6.54 Å². The van der Waals surface area contributed by atoms with Crippen molar-refractivity contribution in [3.63, 3.8) is 0 Å². The highest BCUT2D eigenvalue weighted by Crippen LogP contribution is 2.32. The predicted molar refractivity (Wildman–Crippen MR) is 135 cm³/mol. The fourth-order valence-corrected chi connectivity index (χ4v) is 6.17. The third-order valence-corrected chi connectivity index (χ3v) is 7.91. The topological polar surface area (TPSA) is 64.2 Å². The van der Waals surface area contributed by atoms with Crippen LogP contribution in [0.5, 0.6) is 0 Å². The van der Waals surface area contributed by atoms with Gasteiger partial charge in [-0.15, -0.1) is 10.2 Å². The lowest BCUT2D eigenvalue weighted by atomic mass is 10.0. The van der Waals surface area contributed by atoms with Gasteiger partial charge in [0, 0.05) is 22.9 Å². The van der Waals surface area contributed by atoms with Crippen molar-refractivity contribution in [1.29, 1.82) is 0 Å². The number of thioether (sulfide) groups is 1. The number of aryl methyl sites for hydroxylation is 2. The van der Waals surface area contributed by atoms with Crippen molar-refractivity contribution in [2.75, 3.05) is 13.1 Å². The van der Waals surface area contributed by atoms with E-state index >= 15 is 0 Å². The molecule has 6 nitrogen and oxygen atoms in total. The van der Waals surface area contributed by atoms with Crippen LogP contribution in [0, 0.1) is 0 Å². The Morgan fingerprint density at radius 3 is 2.53 bits per heavy atom. The van der Waals surface area contributed by atoms with Crippen molar-refractivity contribution < 1.29 is 4.42 Å². The van der Waals surface area contributed by atoms with Gasteiger partial charge in [0.15, 0.2) is 11.0 Å². The molecule has 0 unspecified atom stereocenters. The summed E-state index contributed by atoms with van der Waals surface area (Å²) in [7, 11) is 0. The zero-order valence-electron chi connectivity index (χ0n) is 19.2. The van der Waals surface area contributed by atoms with Gasteiger partial charge in [-0.05, 0) is 86.1 Å². The van der Waals surface area contributed by atoms with Crippen LogP contribution in [0.25, 0.3) is 16.7 Å². The first-order valence-corrected chi connectivity index (χ1v) is 13.2. The van der Waals surface area contributed by atoms with Crippen LogP contribution < -0.4 is 5.63 Å². The second-order valence-corrected chi connectivity index (χ2v) is 10.2. The number of likely N-dealkylation sites (tertiary alicyclic amines) is 1. The summed E-state index contributed by atoms with van der Waals surface area (Å²) < 4.78 is 7.73. The van der Waals surface area contributed by atoms with E-state index in [4.69, 9.17) is 4.42 Å². The molecule has 1 fully saturated rings. The third kappa shape index (κ3) is 4.30. The molecule has 34 heavy (non-hydrogen) atoms. The monoisotopic (exact) mass is 472 g/mol. The summed E-state index contributed by atoms with van der Waals surface area (Å²) in [6.07, 6.45) is 7.13. The van der Waals surface area contributed by atoms with Crippen LogP contribution in [0.2, 0.25) is 0 Å². The van der Waals surface area contributed by atoms with Gasteiger partial charge >= 0.3 is 5.63 Å². The second-order valence-electron chi connectivity index (χ2n) is 9.26. The molecule has 0 spiro atoms. The predicted octanol–water partition coefficient (Wildman–Crippen LogP) is 5.14. The zero-order valence-corrected chi connectivity index (χ0v) is 20.0. The summed E-state index contributed by atoms with van der Waals surface area (Å²) in [5, 5.41) is 11.1. The van der Waals surface area contributed by atoms with Crippen LogP contribution in [0.4, 0.5) is 0 Å². The first-order chi connectivity index (χ1) is 16.7. The lowest BCUT2D eigenvalue weighted by molar-refractivity contribution is 0.214. The van der Waals surface area contributed by atoms with Crippen LogP contribution in [0.1, 0.15) is 48.2 Å². The first kappa shape index (κ1) is 21.6. The Bertz CT molecular complexity index is 1370. The third-order valence-electron chi connectivity index (χ3n) is 6.93. The van der Waals surface area contributed by atoms with Crippen molar-refractivity contribution in [2.24, 2.45) is 0 Å². The number of para-hydroxylation sites is 1.